The first-order valence-corrected chi connectivity index (χ1v) is 17.4. The van der Waals surface area contributed by atoms with E-state index >= 15 is 0 Å². The standard InChI is InChI=1S/C23H29N3O7.C13H27NO/c1-6-30-23(29)32-18-9-7-17(8-10-18)21-15(4)14(3)19(31-16(21)5)11-13(2)22(28)33-20(27)12-25-26-24;1-3-10-14(4-2)11-12-15-13-8-6-5-7-9-13/h11,16-18H,2-3,6-10,12H2,1,4-5H3;13H,3-12H2,1-2H3/b19-11+;/t16-,17?,18?;/m0./s1. The normalized spacial score (nSPS) is 22.2. The third kappa shape index (κ3) is 13.9. The summed E-state index contributed by atoms with van der Waals surface area (Å²) < 4.78 is 26.7. The van der Waals surface area contributed by atoms with Crippen molar-refractivity contribution in [3.05, 3.63) is 57.7 Å². The van der Waals surface area contributed by atoms with Crippen LogP contribution in [0.25, 0.3) is 10.4 Å². The second-order valence-corrected chi connectivity index (χ2v) is 12.3. The van der Waals surface area contributed by atoms with E-state index in [1.807, 2.05) is 13.8 Å². The van der Waals surface area contributed by atoms with Crippen LogP contribution in [0.5, 0.6) is 0 Å². The zero-order valence-corrected chi connectivity index (χ0v) is 29.7. The minimum atomic E-state index is -0.977. The lowest BCUT2D eigenvalue weighted by Crippen LogP contribution is -2.31. The van der Waals surface area contributed by atoms with Crippen molar-refractivity contribution < 1.29 is 38.1 Å². The predicted octanol–water partition coefficient (Wildman–Crippen LogP) is 7.90. The van der Waals surface area contributed by atoms with E-state index in [1.165, 1.54) is 51.1 Å². The maximum atomic E-state index is 12.1. The van der Waals surface area contributed by atoms with Crippen molar-refractivity contribution in [2.45, 2.75) is 117 Å². The summed E-state index contributed by atoms with van der Waals surface area (Å²) in [5.74, 6) is -1.31. The van der Waals surface area contributed by atoms with E-state index in [-0.39, 0.29) is 30.3 Å². The second kappa shape index (κ2) is 22.1. The lowest BCUT2D eigenvalue weighted by Gasteiger charge is -2.37. The number of carbonyl (C=O) groups excluding carboxylic acids is 3. The molecule has 3 rings (SSSR count). The monoisotopic (exact) mass is 672 g/mol. The van der Waals surface area contributed by atoms with Crippen LogP contribution in [0, 0.1) is 5.92 Å². The molecular formula is C36H56N4O8. The summed E-state index contributed by atoms with van der Waals surface area (Å²) in [7, 11) is 0. The number of ether oxygens (including phenoxy) is 5. The number of esters is 2. The van der Waals surface area contributed by atoms with Crippen LogP contribution in [0.1, 0.15) is 98.8 Å². The summed E-state index contributed by atoms with van der Waals surface area (Å²) in [6.45, 7) is 21.9. The molecular weight excluding hydrogens is 616 g/mol. The largest absolute Gasteiger partial charge is 0.508 e. The molecule has 48 heavy (non-hydrogen) atoms. The third-order valence-electron chi connectivity index (χ3n) is 8.90. The Balaban J connectivity index is 0.000000444. The summed E-state index contributed by atoms with van der Waals surface area (Å²) in [5.41, 5.74) is 10.8. The zero-order valence-electron chi connectivity index (χ0n) is 29.7. The summed E-state index contributed by atoms with van der Waals surface area (Å²) >= 11 is 0. The van der Waals surface area contributed by atoms with Crippen molar-refractivity contribution in [3.63, 3.8) is 0 Å². The van der Waals surface area contributed by atoms with Gasteiger partial charge in [0.05, 0.1) is 24.9 Å². The third-order valence-corrected chi connectivity index (χ3v) is 8.90. The van der Waals surface area contributed by atoms with Gasteiger partial charge in [-0.15, -0.1) is 0 Å². The molecule has 0 spiro atoms. The highest BCUT2D eigenvalue weighted by Gasteiger charge is 2.34. The number of hydrogen-bond acceptors (Lipinski definition) is 10. The van der Waals surface area contributed by atoms with Crippen LogP contribution in [0.15, 0.2) is 52.4 Å². The molecule has 1 aliphatic heterocycles. The van der Waals surface area contributed by atoms with E-state index in [4.69, 9.17) is 24.5 Å². The molecule has 0 aromatic carbocycles. The molecule has 3 aliphatic rings. The molecule has 0 amide bonds. The molecule has 2 saturated carbocycles. The fourth-order valence-electron chi connectivity index (χ4n) is 6.36. The Morgan fingerprint density at radius 2 is 1.73 bits per heavy atom. The minimum Gasteiger partial charge on any atom is -0.486 e. The lowest BCUT2D eigenvalue weighted by atomic mass is 9.77. The van der Waals surface area contributed by atoms with Crippen molar-refractivity contribution in [1.29, 1.82) is 0 Å². The van der Waals surface area contributed by atoms with Crippen molar-refractivity contribution >= 4 is 18.1 Å². The van der Waals surface area contributed by atoms with Crippen molar-refractivity contribution in [3.8, 4) is 0 Å². The first-order valence-electron chi connectivity index (χ1n) is 17.4. The maximum absolute atomic E-state index is 12.1. The Morgan fingerprint density at radius 3 is 2.33 bits per heavy atom. The van der Waals surface area contributed by atoms with Crippen molar-refractivity contribution in [2.24, 2.45) is 11.0 Å². The van der Waals surface area contributed by atoms with Crippen molar-refractivity contribution in [1.82, 2.24) is 4.90 Å². The van der Waals surface area contributed by atoms with Crippen LogP contribution in [0.3, 0.4) is 0 Å². The Hall–Kier alpha value is -3.60. The van der Waals surface area contributed by atoms with E-state index in [9.17, 15) is 14.4 Å². The van der Waals surface area contributed by atoms with Crippen LogP contribution in [-0.2, 0) is 33.3 Å². The fraction of sp³-hybridized carbons (Fsp3) is 0.694. The van der Waals surface area contributed by atoms with E-state index < -0.39 is 24.6 Å². The van der Waals surface area contributed by atoms with Crippen LogP contribution in [0.4, 0.5) is 4.79 Å². The molecule has 12 heteroatoms. The summed E-state index contributed by atoms with van der Waals surface area (Å²) in [6, 6.07) is 0. The van der Waals surface area contributed by atoms with Gasteiger partial charge >= 0.3 is 18.1 Å². The van der Waals surface area contributed by atoms with Gasteiger partial charge in [0.1, 0.15) is 24.5 Å². The molecule has 0 aromatic rings. The van der Waals surface area contributed by atoms with E-state index in [0.29, 0.717) is 17.4 Å². The predicted molar refractivity (Wildman–Crippen MR) is 184 cm³/mol. The Bertz CT molecular complexity index is 1200. The molecule has 0 bridgehead atoms. The number of rotatable bonds is 14. The first kappa shape index (κ1) is 40.6. The van der Waals surface area contributed by atoms with Crippen molar-refractivity contribution in [2.75, 3.05) is 39.4 Å². The fourth-order valence-corrected chi connectivity index (χ4v) is 6.36. The minimum absolute atomic E-state index is 0.0968. The van der Waals surface area contributed by atoms with Gasteiger partial charge in [-0.2, -0.15) is 0 Å². The van der Waals surface area contributed by atoms with E-state index in [1.54, 1.807) is 6.92 Å². The molecule has 0 saturated heterocycles. The molecule has 0 unspecified atom stereocenters. The van der Waals surface area contributed by atoms with Gasteiger partial charge in [0.25, 0.3) is 0 Å². The highest BCUT2D eigenvalue weighted by Crippen LogP contribution is 2.41. The van der Waals surface area contributed by atoms with Gasteiger partial charge in [0.2, 0.25) is 0 Å². The highest BCUT2D eigenvalue weighted by molar-refractivity contribution is 5.98. The number of carbonyl (C=O) groups is 3. The molecule has 0 radical (unpaired) electrons. The summed E-state index contributed by atoms with van der Waals surface area (Å²) in [5, 5.41) is 3.04. The molecule has 2 fully saturated rings. The van der Waals surface area contributed by atoms with E-state index in [2.05, 4.69) is 46.7 Å². The molecule has 1 heterocycles. The van der Waals surface area contributed by atoms with Gasteiger partial charge in [-0.05, 0) is 107 Å². The Labute approximate surface area is 286 Å². The molecule has 268 valence electrons. The first-order chi connectivity index (χ1) is 23.0. The van der Waals surface area contributed by atoms with Crippen LogP contribution in [-0.4, -0.2) is 80.7 Å². The van der Waals surface area contributed by atoms with Gasteiger partial charge in [-0.3, -0.25) is 4.79 Å². The number of allylic oxidation sites excluding steroid dienone is 1. The van der Waals surface area contributed by atoms with Gasteiger partial charge in [-0.25, -0.2) is 9.59 Å². The summed E-state index contributed by atoms with van der Waals surface area (Å²) in [6.07, 6.45) is 12.0. The number of hydrogen-bond donors (Lipinski definition) is 0. The molecule has 2 aliphatic carbocycles. The number of likely N-dealkylation sites (N-methyl/N-ethyl adjacent to an activating group) is 1. The molecule has 0 N–H and O–H groups in total. The van der Waals surface area contributed by atoms with Gasteiger partial charge in [0, 0.05) is 17.0 Å². The van der Waals surface area contributed by atoms with Gasteiger partial charge in [-0.1, -0.05) is 51.4 Å². The molecule has 12 nitrogen and oxygen atoms in total. The maximum Gasteiger partial charge on any atom is 0.508 e. The second-order valence-electron chi connectivity index (χ2n) is 12.3. The molecule has 0 aromatic heterocycles. The molecule has 1 atom stereocenters. The average Bonchev–Trinajstić information content (AvgIpc) is 3.07. The summed E-state index contributed by atoms with van der Waals surface area (Å²) in [4.78, 5) is 40.0. The van der Waals surface area contributed by atoms with Crippen LogP contribution < -0.4 is 0 Å². The van der Waals surface area contributed by atoms with Crippen LogP contribution in [0.2, 0.25) is 0 Å². The zero-order chi connectivity index (χ0) is 35.5. The Kier molecular flexibility index (Phi) is 18.7. The smallest absolute Gasteiger partial charge is 0.486 e. The van der Waals surface area contributed by atoms with Crippen LogP contribution >= 0.6 is 0 Å². The SMILES string of the molecule is C=C(/C=C1/O[C@@H](C)C(C2CCC(OC(=O)OCC)CC2)=C(C)C1=C)C(=O)OC(=O)CN=[N+]=[N-].CCCN(CC)CCOC1CCCCC1. The highest BCUT2D eigenvalue weighted by atomic mass is 16.7. The topological polar surface area (TPSA) is 149 Å². The lowest BCUT2D eigenvalue weighted by molar-refractivity contribution is -0.155. The quantitative estimate of drug-likeness (QED) is 0.0448. The average molecular weight is 673 g/mol. The number of nitrogens with zero attached hydrogens (tertiary/aromatic N) is 4. The number of azide groups is 1. The van der Waals surface area contributed by atoms with Gasteiger partial charge in [0.15, 0.2) is 0 Å². The Morgan fingerprint density at radius 1 is 1.04 bits per heavy atom. The van der Waals surface area contributed by atoms with Gasteiger partial charge < -0.3 is 28.6 Å². The van der Waals surface area contributed by atoms with E-state index in [0.717, 1.165) is 56.5 Å².